The zero-order valence-electron chi connectivity index (χ0n) is 19.2. The fraction of sp³-hybridized carbons (Fsp3) is 0.240. The fourth-order valence-electron chi connectivity index (χ4n) is 3.72. The van der Waals surface area contributed by atoms with Crippen LogP contribution in [-0.4, -0.2) is 50.2 Å². The van der Waals surface area contributed by atoms with Crippen molar-refractivity contribution in [2.75, 3.05) is 20.3 Å². The number of rotatable bonds is 9. The second-order valence-corrected chi connectivity index (χ2v) is 7.97. The maximum absolute atomic E-state index is 13.2. The van der Waals surface area contributed by atoms with Crippen LogP contribution in [0, 0.1) is 0 Å². The van der Waals surface area contributed by atoms with Crippen LogP contribution in [0.1, 0.15) is 11.4 Å². The number of aromatic amines is 1. The lowest BCUT2D eigenvalue weighted by molar-refractivity contribution is -0.133. The predicted molar refractivity (Wildman–Crippen MR) is 130 cm³/mol. The van der Waals surface area contributed by atoms with Crippen LogP contribution in [0.5, 0.6) is 0 Å². The van der Waals surface area contributed by atoms with Gasteiger partial charge in [-0.25, -0.2) is 9.78 Å². The molecule has 1 N–H and O–H groups in total. The molecule has 0 unspecified atom stereocenters. The van der Waals surface area contributed by atoms with Gasteiger partial charge in [0.1, 0.15) is 12.4 Å². The number of methoxy groups -OCH3 is 1. The molecule has 4 aromatic rings. The van der Waals surface area contributed by atoms with Crippen molar-refractivity contribution in [3.63, 3.8) is 0 Å². The highest BCUT2D eigenvalue weighted by atomic mass is 16.5. The van der Waals surface area contributed by atoms with Gasteiger partial charge in [-0.3, -0.25) is 23.5 Å². The molecule has 0 aliphatic heterocycles. The molecule has 0 atom stereocenters. The molecule has 1 amide bonds. The summed E-state index contributed by atoms with van der Waals surface area (Å²) in [5.74, 6) is -0.186. The zero-order chi connectivity index (χ0) is 24.8. The number of carbonyl (C=O) groups is 1. The van der Waals surface area contributed by atoms with Crippen molar-refractivity contribution in [3.05, 3.63) is 109 Å². The molecule has 35 heavy (non-hydrogen) atoms. The van der Waals surface area contributed by atoms with Crippen molar-refractivity contribution in [1.82, 2.24) is 24.0 Å². The Hall–Kier alpha value is -4.31. The number of amides is 1. The first-order chi connectivity index (χ1) is 17.0. The Labute approximate surface area is 200 Å². The van der Waals surface area contributed by atoms with Crippen LogP contribution in [-0.2, 0) is 29.2 Å². The molecule has 0 aliphatic carbocycles. The maximum atomic E-state index is 13.2. The number of benzene rings is 2. The number of hydrogen-bond acceptors (Lipinski definition) is 6. The van der Waals surface area contributed by atoms with Crippen LogP contribution in [0.25, 0.3) is 10.9 Å². The number of para-hydroxylation sites is 1. The lowest BCUT2D eigenvalue weighted by Crippen LogP contribution is -2.45. The highest BCUT2D eigenvalue weighted by molar-refractivity contribution is 5.77. The second kappa shape index (κ2) is 10.7. The van der Waals surface area contributed by atoms with Crippen molar-refractivity contribution in [2.24, 2.45) is 0 Å². The Morgan fingerprint density at radius 1 is 1.03 bits per heavy atom. The number of ether oxygens (including phenoxy) is 1. The van der Waals surface area contributed by atoms with Gasteiger partial charge in [-0.2, -0.15) is 0 Å². The minimum Gasteiger partial charge on any atom is -0.383 e. The van der Waals surface area contributed by atoms with E-state index in [4.69, 9.17) is 4.74 Å². The number of hydrogen-bond donors (Lipinski definition) is 1. The van der Waals surface area contributed by atoms with Crippen LogP contribution in [0.4, 0.5) is 0 Å². The highest BCUT2D eigenvalue weighted by Gasteiger charge is 2.19. The van der Waals surface area contributed by atoms with Gasteiger partial charge >= 0.3 is 5.69 Å². The number of carbonyl (C=O) groups excluding carboxylic acids is 1. The molecule has 2 aromatic carbocycles. The average molecular weight is 476 g/mol. The van der Waals surface area contributed by atoms with Gasteiger partial charge in [-0.15, -0.1) is 0 Å². The zero-order valence-corrected chi connectivity index (χ0v) is 19.2. The topological polar surface area (TPSA) is 119 Å². The quantitative estimate of drug-likeness (QED) is 0.385. The van der Waals surface area contributed by atoms with Crippen molar-refractivity contribution >= 4 is 16.8 Å². The number of nitrogens with zero attached hydrogens (tertiary/aromatic N) is 4. The third kappa shape index (κ3) is 5.61. The Morgan fingerprint density at radius 3 is 2.54 bits per heavy atom. The second-order valence-electron chi connectivity index (χ2n) is 7.97. The van der Waals surface area contributed by atoms with Gasteiger partial charge in [0.25, 0.3) is 11.1 Å². The SMILES string of the molecule is COCCN(Cc1nc2ccccc2c(=O)[nH]1)C(=O)Cn1c(=O)ccn(Cc2ccccc2)c1=O. The fourth-order valence-corrected chi connectivity index (χ4v) is 3.72. The van der Waals surface area contributed by atoms with E-state index >= 15 is 0 Å². The van der Waals surface area contributed by atoms with E-state index in [1.807, 2.05) is 30.3 Å². The number of nitrogens with one attached hydrogen (secondary N) is 1. The van der Waals surface area contributed by atoms with Crippen LogP contribution in [0.3, 0.4) is 0 Å². The van der Waals surface area contributed by atoms with Crippen LogP contribution in [0.2, 0.25) is 0 Å². The molecule has 2 heterocycles. The molecule has 0 bridgehead atoms. The molecule has 0 saturated heterocycles. The van der Waals surface area contributed by atoms with Gasteiger partial charge < -0.3 is 14.6 Å². The lowest BCUT2D eigenvalue weighted by Gasteiger charge is -2.22. The summed E-state index contributed by atoms with van der Waals surface area (Å²) in [6.07, 6.45) is 1.42. The van der Waals surface area contributed by atoms with E-state index in [9.17, 15) is 19.2 Å². The van der Waals surface area contributed by atoms with Gasteiger partial charge in [-0.05, 0) is 17.7 Å². The molecule has 180 valence electrons. The van der Waals surface area contributed by atoms with E-state index in [0.29, 0.717) is 16.7 Å². The Kier molecular flexibility index (Phi) is 7.32. The van der Waals surface area contributed by atoms with Gasteiger partial charge in [0.05, 0.1) is 30.6 Å². The first kappa shape index (κ1) is 23.8. The number of aromatic nitrogens is 4. The largest absolute Gasteiger partial charge is 0.383 e. The predicted octanol–water partition coefficient (Wildman–Crippen LogP) is 0.970. The van der Waals surface area contributed by atoms with Crippen molar-refractivity contribution in [2.45, 2.75) is 19.6 Å². The van der Waals surface area contributed by atoms with E-state index in [1.165, 1.54) is 28.8 Å². The van der Waals surface area contributed by atoms with Gasteiger partial charge in [-0.1, -0.05) is 42.5 Å². The van der Waals surface area contributed by atoms with Crippen molar-refractivity contribution in [1.29, 1.82) is 0 Å². The number of H-pyrrole nitrogens is 1. The molecular weight excluding hydrogens is 450 g/mol. The first-order valence-corrected chi connectivity index (χ1v) is 11.0. The van der Waals surface area contributed by atoms with Gasteiger partial charge in [0.15, 0.2) is 0 Å². The van der Waals surface area contributed by atoms with Crippen molar-refractivity contribution < 1.29 is 9.53 Å². The highest BCUT2D eigenvalue weighted by Crippen LogP contribution is 2.08. The Balaban J connectivity index is 1.59. The monoisotopic (exact) mass is 475 g/mol. The number of fused-ring (bicyclic) bond motifs is 1. The summed E-state index contributed by atoms with van der Waals surface area (Å²) >= 11 is 0. The Bertz CT molecular complexity index is 1510. The van der Waals surface area contributed by atoms with E-state index in [0.717, 1.165) is 10.1 Å². The minimum atomic E-state index is -0.585. The minimum absolute atomic E-state index is 0.0118. The molecule has 0 radical (unpaired) electrons. The Morgan fingerprint density at radius 2 is 1.77 bits per heavy atom. The summed E-state index contributed by atoms with van der Waals surface area (Å²) in [7, 11) is 1.50. The van der Waals surface area contributed by atoms with Crippen molar-refractivity contribution in [3.8, 4) is 0 Å². The molecule has 10 heteroatoms. The van der Waals surface area contributed by atoms with Gasteiger partial charge in [0, 0.05) is 25.9 Å². The van der Waals surface area contributed by atoms with E-state index in [2.05, 4.69) is 9.97 Å². The normalized spacial score (nSPS) is 11.0. The van der Waals surface area contributed by atoms with Crippen LogP contribution >= 0.6 is 0 Å². The molecular formula is C25H25N5O5. The van der Waals surface area contributed by atoms with Crippen LogP contribution in [0.15, 0.2) is 81.2 Å². The molecule has 4 rings (SSSR count). The van der Waals surface area contributed by atoms with E-state index in [-0.39, 0.29) is 31.8 Å². The standard InChI is InChI=1S/C25H25N5O5/c1-35-14-13-28(16-21-26-20-10-6-5-9-19(20)24(33)27-21)23(32)17-30-22(31)11-12-29(25(30)34)15-18-7-3-2-4-8-18/h2-12H,13-17H2,1H3,(H,26,27,33). The molecule has 2 aromatic heterocycles. The molecule has 0 aliphatic rings. The summed E-state index contributed by atoms with van der Waals surface area (Å²) in [4.78, 5) is 59.6. The molecule has 0 saturated carbocycles. The molecule has 0 fully saturated rings. The summed E-state index contributed by atoms with van der Waals surface area (Å²) < 4.78 is 7.40. The smallest absolute Gasteiger partial charge is 0.331 e. The van der Waals surface area contributed by atoms with E-state index < -0.39 is 23.7 Å². The summed E-state index contributed by atoms with van der Waals surface area (Å²) in [6, 6.07) is 17.5. The van der Waals surface area contributed by atoms with Gasteiger partial charge in [0.2, 0.25) is 5.91 Å². The molecule has 0 spiro atoms. The summed E-state index contributed by atoms with van der Waals surface area (Å²) in [6.45, 7) is 0.220. The maximum Gasteiger partial charge on any atom is 0.331 e. The summed E-state index contributed by atoms with van der Waals surface area (Å²) in [5, 5.41) is 0.445. The van der Waals surface area contributed by atoms with E-state index in [1.54, 1.807) is 24.3 Å². The lowest BCUT2D eigenvalue weighted by atomic mass is 10.2. The summed E-state index contributed by atoms with van der Waals surface area (Å²) in [5.41, 5.74) is -0.0734. The first-order valence-electron chi connectivity index (χ1n) is 11.0. The third-order valence-corrected chi connectivity index (χ3v) is 5.55. The van der Waals surface area contributed by atoms with Crippen LogP contribution < -0.4 is 16.8 Å². The third-order valence-electron chi connectivity index (χ3n) is 5.55. The molecule has 10 nitrogen and oxygen atoms in total. The average Bonchev–Trinajstić information content (AvgIpc) is 2.86.